The summed E-state index contributed by atoms with van der Waals surface area (Å²) in [7, 11) is 1.26. The lowest BCUT2D eigenvalue weighted by Gasteiger charge is -2.02. The number of nitrogens with zero attached hydrogens (tertiary/aromatic N) is 2. The number of methoxy groups -OCH3 is 1. The second-order valence-corrected chi connectivity index (χ2v) is 2.88. The monoisotopic (exact) mass is 206 g/mol. The van der Waals surface area contributed by atoms with Crippen molar-refractivity contribution in [1.29, 1.82) is 0 Å². The normalized spacial score (nSPS) is 10.3. The summed E-state index contributed by atoms with van der Waals surface area (Å²) in [4.78, 5) is 19.0. The highest BCUT2D eigenvalue weighted by atomic mass is 19.1. The maximum Gasteiger partial charge on any atom is 0.357 e. The topological polar surface area (TPSA) is 52.1 Å². The number of ether oxygens (including phenoxy) is 1. The fourth-order valence-corrected chi connectivity index (χ4v) is 1.29. The fraction of sp³-hybridized carbons (Fsp3) is 0.100. The molecule has 15 heavy (non-hydrogen) atoms. The smallest absolute Gasteiger partial charge is 0.357 e. The van der Waals surface area contributed by atoms with E-state index in [4.69, 9.17) is 0 Å². The maximum atomic E-state index is 12.9. The van der Waals surface area contributed by atoms with Gasteiger partial charge in [-0.05, 0) is 12.1 Å². The van der Waals surface area contributed by atoms with Crippen LogP contribution < -0.4 is 0 Å². The van der Waals surface area contributed by atoms with Crippen molar-refractivity contribution in [2.45, 2.75) is 0 Å². The summed E-state index contributed by atoms with van der Waals surface area (Å²) in [6.45, 7) is 0. The molecule has 0 atom stereocenters. The molecule has 1 heterocycles. The van der Waals surface area contributed by atoms with Gasteiger partial charge in [-0.3, -0.25) is 0 Å². The van der Waals surface area contributed by atoms with Gasteiger partial charge < -0.3 is 4.74 Å². The summed E-state index contributed by atoms with van der Waals surface area (Å²) in [5, 5.41) is 0.478. The Kier molecular flexibility index (Phi) is 2.29. The Labute approximate surface area is 84.7 Å². The van der Waals surface area contributed by atoms with E-state index in [0.29, 0.717) is 10.9 Å². The Morgan fingerprint density at radius 1 is 1.40 bits per heavy atom. The van der Waals surface area contributed by atoms with Crippen LogP contribution in [0.2, 0.25) is 0 Å². The van der Waals surface area contributed by atoms with Crippen molar-refractivity contribution >= 4 is 16.9 Å². The maximum absolute atomic E-state index is 12.9. The standard InChI is InChI=1S/C10H7FN2O2/c1-15-10(14)9-7-3-2-6(11)4-8(7)12-5-13-9/h2-5H,1H3. The van der Waals surface area contributed by atoms with Crippen molar-refractivity contribution in [1.82, 2.24) is 9.97 Å². The molecule has 0 spiro atoms. The molecule has 0 fully saturated rings. The predicted octanol–water partition coefficient (Wildman–Crippen LogP) is 1.56. The summed E-state index contributed by atoms with van der Waals surface area (Å²) in [6.07, 6.45) is 1.20. The molecule has 0 N–H and O–H groups in total. The molecule has 4 nitrogen and oxygen atoms in total. The van der Waals surface area contributed by atoms with Crippen LogP contribution >= 0.6 is 0 Å². The lowest BCUT2D eigenvalue weighted by Crippen LogP contribution is -2.05. The van der Waals surface area contributed by atoms with Gasteiger partial charge in [0.1, 0.15) is 12.1 Å². The van der Waals surface area contributed by atoms with Crippen molar-refractivity contribution in [2.24, 2.45) is 0 Å². The van der Waals surface area contributed by atoms with Crippen molar-refractivity contribution in [3.05, 3.63) is 36.0 Å². The number of carbonyl (C=O) groups is 1. The van der Waals surface area contributed by atoms with Crippen LogP contribution in [0.25, 0.3) is 10.9 Å². The van der Waals surface area contributed by atoms with Gasteiger partial charge in [0.2, 0.25) is 0 Å². The molecule has 1 aromatic heterocycles. The molecule has 0 saturated carbocycles. The first-order valence-corrected chi connectivity index (χ1v) is 4.21. The van der Waals surface area contributed by atoms with E-state index >= 15 is 0 Å². The molecule has 0 aliphatic heterocycles. The molecule has 1 aromatic carbocycles. The third-order valence-corrected chi connectivity index (χ3v) is 1.98. The zero-order valence-corrected chi connectivity index (χ0v) is 7.90. The minimum Gasteiger partial charge on any atom is -0.464 e. The van der Waals surface area contributed by atoms with Gasteiger partial charge in [-0.2, -0.15) is 0 Å². The largest absolute Gasteiger partial charge is 0.464 e. The highest BCUT2D eigenvalue weighted by Gasteiger charge is 2.12. The van der Waals surface area contributed by atoms with Gasteiger partial charge in [-0.1, -0.05) is 0 Å². The molecule has 76 valence electrons. The number of benzene rings is 1. The van der Waals surface area contributed by atoms with Gasteiger partial charge in [0.05, 0.1) is 12.6 Å². The molecule has 0 bridgehead atoms. The Balaban J connectivity index is 2.71. The van der Waals surface area contributed by atoms with Crippen LogP contribution in [0.5, 0.6) is 0 Å². The third-order valence-electron chi connectivity index (χ3n) is 1.98. The summed E-state index contributed by atoms with van der Waals surface area (Å²) >= 11 is 0. The highest BCUT2D eigenvalue weighted by molar-refractivity contribution is 6.01. The predicted molar refractivity (Wildman–Crippen MR) is 50.8 cm³/mol. The Hall–Kier alpha value is -2.04. The van der Waals surface area contributed by atoms with Crippen molar-refractivity contribution < 1.29 is 13.9 Å². The second-order valence-electron chi connectivity index (χ2n) is 2.88. The van der Waals surface area contributed by atoms with Gasteiger partial charge in [0.15, 0.2) is 5.69 Å². The van der Waals surface area contributed by atoms with E-state index in [0.717, 1.165) is 0 Å². The number of carbonyl (C=O) groups excluding carboxylic acids is 1. The molecule has 0 aliphatic rings. The molecule has 0 aliphatic carbocycles. The van der Waals surface area contributed by atoms with Crippen LogP contribution in [0.3, 0.4) is 0 Å². The van der Waals surface area contributed by atoms with Gasteiger partial charge in [0, 0.05) is 11.5 Å². The highest BCUT2D eigenvalue weighted by Crippen LogP contribution is 2.16. The lowest BCUT2D eigenvalue weighted by atomic mass is 10.2. The summed E-state index contributed by atoms with van der Waals surface area (Å²) in [6, 6.07) is 3.94. The number of rotatable bonds is 1. The average Bonchev–Trinajstić information content (AvgIpc) is 2.26. The number of fused-ring (bicyclic) bond motifs is 1. The molecule has 2 rings (SSSR count). The molecule has 0 amide bonds. The summed E-state index contributed by atoms with van der Waals surface area (Å²) in [5.74, 6) is -0.967. The number of hydrogen-bond acceptors (Lipinski definition) is 4. The van der Waals surface area contributed by atoms with Crippen LogP contribution in [0.4, 0.5) is 4.39 Å². The SMILES string of the molecule is COC(=O)c1ncnc2cc(F)ccc12. The zero-order chi connectivity index (χ0) is 10.8. The van der Waals surface area contributed by atoms with E-state index in [-0.39, 0.29) is 5.69 Å². The molecule has 5 heteroatoms. The summed E-state index contributed by atoms with van der Waals surface area (Å²) in [5.41, 5.74) is 0.521. The number of hydrogen-bond donors (Lipinski definition) is 0. The van der Waals surface area contributed by atoms with Crippen LogP contribution in [-0.4, -0.2) is 23.0 Å². The second kappa shape index (κ2) is 3.61. The number of esters is 1. The quantitative estimate of drug-likeness (QED) is 0.664. The number of halogens is 1. The van der Waals surface area contributed by atoms with Crippen molar-refractivity contribution in [3.8, 4) is 0 Å². The van der Waals surface area contributed by atoms with Gasteiger partial charge in [-0.25, -0.2) is 19.2 Å². The van der Waals surface area contributed by atoms with Crippen LogP contribution in [0.15, 0.2) is 24.5 Å². The Morgan fingerprint density at radius 2 is 2.20 bits per heavy atom. The first-order valence-electron chi connectivity index (χ1n) is 4.21. The van der Waals surface area contributed by atoms with Crippen LogP contribution in [0.1, 0.15) is 10.5 Å². The number of aromatic nitrogens is 2. The van der Waals surface area contributed by atoms with E-state index in [1.807, 2.05) is 0 Å². The van der Waals surface area contributed by atoms with Gasteiger partial charge >= 0.3 is 5.97 Å². The molecule has 0 saturated heterocycles. The Bertz CT molecular complexity index is 528. The minimum absolute atomic E-state index is 0.141. The molecule has 0 unspecified atom stereocenters. The minimum atomic E-state index is -0.561. The van der Waals surface area contributed by atoms with Crippen molar-refractivity contribution in [3.63, 3.8) is 0 Å². The molecular weight excluding hydrogens is 199 g/mol. The molecular formula is C10H7FN2O2. The van der Waals surface area contributed by atoms with Crippen LogP contribution in [-0.2, 0) is 4.74 Å². The Morgan fingerprint density at radius 3 is 2.93 bits per heavy atom. The van der Waals surface area contributed by atoms with Gasteiger partial charge in [0.25, 0.3) is 0 Å². The van der Waals surface area contributed by atoms with Crippen molar-refractivity contribution in [2.75, 3.05) is 7.11 Å². The third kappa shape index (κ3) is 1.63. The zero-order valence-electron chi connectivity index (χ0n) is 7.90. The van der Waals surface area contributed by atoms with E-state index in [9.17, 15) is 9.18 Å². The summed E-state index contributed by atoms with van der Waals surface area (Å²) < 4.78 is 17.4. The van der Waals surface area contributed by atoms with E-state index in [1.165, 1.54) is 31.6 Å². The van der Waals surface area contributed by atoms with E-state index < -0.39 is 11.8 Å². The fourth-order valence-electron chi connectivity index (χ4n) is 1.29. The van der Waals surface area contributed by atoms with Gasteiger partial charge in [-0.15, -0.1) is 0 Å². The first-order chi connectivity index (χ1) is 7.22. The average molecular weight is 206 g/mol. The molecule has 0 radical (unpaired) electrons. The lowest BCUT2D eigenvalue weighted by molar-refractivity contribution is 0.0596. The van der Waals surface area contributed by atoms with E-state index in [1.54, 1.807) is 0 Å². The van der Waals surface area contributed by atoms with Crippen LogP contribution in [0, 0.1) is 5.82 Å². The first kappa shape index (κ1) is 9.51. The van der Waals surface area contributed by atoms with E-state index in [2.05, 4.69) is 14.7 Å². The molecule has 2 aromatic rings.